The summed E-state index contributed by atoms with van der Waals surface area (Å²) in [5.41, 5.74) is 0.754. The van der Waals surface area contributed by atoms with E-state index in [9.17, 15) is 14.9 Å². The van der Waals surface area contributed by atoms with Crippen LogP contribution in [0, 0.1) is 10.1 Å². The minimum absolute atomic E-state index is 0.0499. The van der Waals surface area contributed by atoms with Gasteiger partial charge in [0.15, 0.2) is 0 Å². The van der Waals surface area contributed by atoms with Gasteiger partial charge >= 0.3 is 5.97 Å². The maximum absolute atomic E-state index is 11.2. The molecule has 1 aromatic rings. The van der Waals surface area contributed by atoms with Crippen molar-refractivity contribution in [3.8, 4) is 0 Å². The molecular formula is C15H20N2O4. The van der Waals surface area contributed by atoms with Gasteiger partial charge in [0.25, 0.3) is 5.69 Å². The zero-order valence-electron chi connectivity index (χ0n) is 12.1. The second-order valence-electron chi connectivity index (χ2n) is 5.48. The molecule has 0 amide bonds. The van der Waals surface area contributed by atoms with E-state index in [1.807, 2.05) is 6.92 Å². The van der Waals surface area contributed by atoms with Crippen LogP contribution in [0.1, 0.15) is 44.2 Å². The van der Waals surface area contributed by atoms with Gasteiger partial charge in [0, 0.05) is 23.7 Å². The molecule has 2 atom stereocenters. The number of piperidine rings is 1. The Morgan fingerprint density at radius 2 is 2.19 bits per heavy atom. The molecule has 0 radical (unpaired) electrons. The number of hydrogen-bond donors (Lipinski definition) is 1. The van der Waals surface area contributed by atoms with Gasteiger partial charge in [0.05, 0.1) is 11.3 Å². The van der Waals surface area contributed by atoms with E-state index < -0.39 is 5.97 Å². The van der Waals surface area contributed by atoms with Gasteiger partial charge in [0.1, 0.15) is 0 Å². The van der Waals surface area contributed by atoms with E-state index >= 15 is 0 Å². The number of carboxylic acid groups (broad SMARTS) is 1. The van der Waals surface area contributed by atoms with E-state index in [0.717, 1.165) is 25.8 Å². The predicted octanol–water partition coefficient (Wildman–Crippen LogP) is 2.99. The highest BCUT2D eigenvalue weighted by Gasteiger charge is 2.31. The molecule has 21 heavy (non-hydrogen) atoms. The molecule has 1 saturated heterocycles. The van der Waals surface area contributed by atoms with Crippen molar-refractivity contribution in [2.45, 2.75) is 44.7 Å². The van der Waals surface area contributed by atoms with Gasteiger partial charge in [-0.25, -0.2) is 0 Å². The number of rotatable bonds is 5. The van der Waals surface area contributed by atoms with Crippen molar-refractivity contribution in [1.82, 2.24) is 4.90 Å². The average molecular weight is 292 g/mol. The monoisotopic (exact) mass is 292 g/mol. The Morgan fingerprint density at radius 3 is 2.86 bits per heavy atom. The molecule has 114 valence electrons. The second kappa shape index (κ2) is 6.67. The van der Waals surface area contributed by atoms with E-state index in [4.69, 9.17) is 5.11 Å². The van der Waals surface area contributed by atoms with E-state index in [2.05, 4.69) is 4.90 Å². The molecule has 0 aromatic heterocycles. The molecule has 0 spiro atoms. The maximum atomic E-state index is 11.2. The third-order valence-electron chi connectivity index (χ3n) is 4.16. The van der Waals surface area contributed by atoms with Gasteiger partial charge in [-0.1, -0.05) is 24.6 Å². The van der Waals surface area contributed by atoms with Crippen molar-refractivity contribution < 1.29 is 14.8 Å². The normalized spacial score (nSPS) is 20.9. The number of para-hydroxylation sites is 1. The quantitative estimate of drug-likeness (QED) is 0.666. The number of nitro groups is 1. The molecule has 1 aliphatic rings. The summed E-state index contributed by atoms with van der Waals surface area (Å²) in [5, 5.41) is 20.2. The summed E-state index contributed by atoms with van der Waals surface area (Å²) in [6.45, 7) is 2.70. The fourth-order valence-electron chi connectivity index (χ4n) is 3.14. The van der Waals surface area contributed by atoms with Crippen LogP contribution in [0.2, 0.25) is 0 Å². The van der Waals surface area contributed by atoms with E-state index in [0.29, 0.717) is 5.56 Å². The highest BCUT2D eigenvalue weighted by Crippen LogP contribution is 2.34. The third kappa shape index (κ3) is 3.58. The van der Waals surface area contributed by atoms with E-state index in [-0.39, 0.29) is 29.1 Å². The van der Waals surface area contributed by atoms with Crippen LogP contribution < -0.4 is 0 Å². The summed E-state index contributed by atoms with van der Waals surface area (Å²) in [6.07, 6.45) is 2.93. The first-order chi connectivity index (χ1) is 10.0. The first-order valence-corrected chi connectivity index (χ1v) is 7.21. The fraction of sp³-hybridized carbons (Fsp3) is 0.533. The van der Waals surface area contributed by atoms with Crippen LogP contribution in [0.4, 0.5) is 5.69 Å². The summed E-state index contributed by atoms with van der Waals surface area (Å²) in [4.78, 5) is 23.9. The van der Waals surface area contributed by atoms with Gasteiger partial charge < -0.3 is 5.11 Å². The minimum Gasteiger partial charge on any atom is -0.481 e. The smallest absolute Gasteiger partial charge is 0.304 e. The largest absolute Gasteiger partial charge is 0.481 e. The van der Waals surface area contributed by atoms with Crippen molar-refractivity contribution in [3.05, 3.63) is 39.9 Å². The lowest BCUT2D eigenvalue weighted by Gasteiger charge is -2.39. The Morgan fingerprint density at radius 1 is 1.48 bits per heavy atom. The van der Waals surface area contributed by atoms with Crippen LogP contribution in [0.15, 0.2) is 24.3 Å². The lowest BCUT2D eigenvalue weighted by atomic mass is 9.94. The maximum Gasteiger partial charge on any atom is 0.304 e. The lowest BCUT2D eigenvalue weighted by molar-refractivity contribution is -0.386. The molecule has 0 bridgehead atoms. The van der Waals surface area contributed by atoms with Crippen LogP contribution in [-0.4, -0.2) is 33.5 Å². The number of carboxylic acids is 1. The molecular weight excluding hydrogens is 272 g/mol. The molecule has 0 saturated carbocycles. The van der Waals surface area contributed by atoms with E-state index in [1.165, 1.54) is 6.07 Å². The van der Waals surface area contributed by atoms with Crippen molar-refractivity contribution in [1.29, 1.82) is 0 Å². The summed E-state index contributed by atoms with van der Waals surface area (Å²) in [5.74, 6) is -0.818. The fourth-order valence-corrected chi connectivity index (χ4v) is 3.14. The van der Waals surface area contributed by atoms with Crippen molar-refractivity contribution in [2.75, 3.05) is 6.54 Å². The Balaban J connectivity index is 2.26. The van der Waals surface area contributed by atoms with Gasteiger partial charge in [0.2, 0.25) is 0 Å². The average Bonchev–Trinajstić information content (AvgIpc) is 2.46. The van der Waals surface area contributed by atoms with Gasteiger partial charge in [-0.2, -0.15) is 0 Å². The summed E-state index contributed by atoms with van der Waals surface area (Å²) in [7, 11) is 0. The topological polar surface area (TPSA) is 83.7 Å². The lowest BCUT2D eigenvalue weighted by Crippen LogP contribution is -2.42. The minimum atomic E-state index is -0.818. The molecule has 1 aliphatic heterocycles. The number of nitrogens with zero attached hydrogens (tertiary/aromatic N) is 2. The Hall–Kier alpha value is -1.95. The van der Waals surface area contributed by atoms with Crippen molar-refractivity contribution >= 4 is 11.7 Å². The molecule has 2 unspecified atom stereocenters. The van der Waals surface area contributed by atoms with Crippen LogP contribution in [0.25, 0.3) is 0 Å². The van der Waals surface area contributed by atoms with Crippen LogP contribution in [0.5, 0.6) is 0 Å². The molecule has 6 heteroatoms. The zero-order chi connectivity index (χ0) is 15.4. The van der Waals surface area contributed by atoms with Gasteiger partial charge in [-0.15, -0.1) is 0 Å². The number of aliphatic carboxylic acids is 1. The number of nitro benzene ring substituents is 1. The Kier molecular flexibility index (Phi) is 4.90. The summed E-state index contributed by atoms with van der Waals surface area (Å²) >= 11 is 0. The predicted molar refractivity (Wildman–Crippen MR) is 78.1 cm³/mol. The standard InChI is InChI=1S/C15H20N2O4/c1-11(13-7-2-3-8-14(13)17(20)21)16-9-5-4-6-12(16)10-15(18)19/h2-3,7-8,11-12H,4-6,9-10H2,1H3,(H,18,19). The molecule has 1 heterocycles. The first kappa shape index (κ1) is 15.4. The van der Waals surface area contributed by atoms with Crippen molar-refractivity contribution in [2.24, 2.45) is 0 Å². The van der Waals surface area contributed by atoms with Crippen LogP contribution in [0.3, 0.4) is 0 Å². The van der Waals surface area contributed by atoms with Crippen LogP contribution >= 0.6 is 0 Å². The number of likely N-dealkylation sites (tertiary alicyclic amines) is 1. The number of hydrogen-bond acceptors (Lipinski definition) is 4. The third-order valence-corrected chi connectivity index (χ3v) is 4.16. The molecule has 6 nitrogen and oxygen atoms in total. The molecule has 2 rings (SSSR count). The van der Waals surface area contributed by atoms with Crippen molar-refractivity contribution in [3.63, 3.8) is 0 Å². The molecule has 0 aliphatic carbocycles. The summed E-state index contributed by atoms with van der Waals surface area (Å²) in [6, 6.07) is 6.49. The summed E-state index contributed by atoms with van der Waals surface area (Å²) < 4.78 is 0. The second-order valence-corrected chi connectivity index (χ2v) is 5.48. The van der Waals surface area contributed by atoms with Crippen LogP contribution in [-0.2, 0) is 4.79 Å². The highest BCUT2D eigenvalue weighted by molar-refractivity contribution is 5.67. The van der Waals surface area contributed by atoms with Gasteiger partial charge in [-0.3, -0.25) is 19.8 Å². The highest BCUT2D eigenvalue weighted by atomic mass is 16.6. The molecule has 1 aromatic carbocycles. The molecule has 1 N–H and O–H groups in total. The zero-order valence-corrected chi connectivity index (χ0v) is 12.1. The number of benzene rings is 1. The number of carbonyl (C=O) groups is 1. The van der Waals surface area contributed by atoms with E-state index in [1.54, 1.807) is 18.2 Å². The SMILES string of the molecule is CC(c1ccccc1[N+](=O)[O-])N1CCCCC1CC(=O)O. The Bertz CT molecular complexity index is 532. The van der Waals surface area contributed by atoms with Gasteiger partial charge in [-0.05, 0) is 26.3 Å². The Labute approximate surface area is 123 Å². The molecule has 1 fully saturated rings. The first-order valence-electron chi connectivity index (χ1n) is 7.21.